The van der Waals surface area contributed by atoms with Gasteiger partial charge in [-0.15, -0.1) is 0 Å². The van der Waals surface area contributed by atoms with E-state index < -0.39 is 0 Å². The van der Waals surface area contributed by atoms with Crippen molar-refractivity contribution >= 4 is 16.6 Å². The highest BCUT2D eigenvalue weighted by atomic mass is 15.1. The molecule has 2 nitrogen and oxygen atoms in total. The average molecular weight is 200 g/mol. The van der Waals surface area contributed by atoms with Gasteiger partial charge in [0.2, 0.25) is 0 Å². The summed E-state index contributed by atoms with van der Waals surface area (Å²) in [5, 5.41) is 1.32. The van der Waals surface area contributed by atoms with Crippen LogP contribution in [0.1, 0.15) is 19.3 Å². The third-order valence-corrected chi connectivity index (χ3v) is 3.26. The first-order valence-corrected chi connectivity index (χ1v) is 5.75. The lowest BCUT2D eigenvalue weighted by molar-refractivity contribution is 0.578. The SMILES string of the molecule is c1cc2cc(N3CCCCC3)ccc2[nH]1. The van der Waals surface area contributed by atoms with Gasteiger partial charge < -0.3 is 9.88 Å². The summed E-state index contributed by atoms with van der Waals surface area (Å²) in [4.78, 5) is 5.73. The number of hydrogen-bond donors (Lipinski definition) is 1. The highest BCUT2D eigenvalue weighted by Crippen LogP contribution is 2.23. The van der Waals surface area contributed by atoms with Gasteiger partial charge in [0.1, 0.15) is 0 Å². The predicted octanol–water partition coefficient (Wildman–Crippen LogP) is 3.16. The molecule has 1 N–H and O–H groups in total. The predicted molar refractivity (Wildman–Crippen MR) is 64.4 cm³/mol. The smallest absolute Gasteiger partial charge is 0.0455 e. The molecule has 0 bridgehead atoms. The lowest BCUT2D eigenvalue weighted by Gasteiger charge is -2.28. The summed E-state index contributed by atoms with van der Waals surface area (Å²) < 4.78 is 0. The first kappa shape index (κ1) is 8.84. The molecule has 78 valence electrons. The summed E-state index contributed by atoms with van der Waals surface area (Å²) in [6.07, 6.45) is 6.07. The van der Waals surface area contributed by atoms with Gasteiger partial charge in [-0.3, -0.25) is 0 Å². The number of nitrogens with zero attached hydrogens (tertiary/aromatic N) is 1. The summed E-state index contributed by atoms with van der Waals surface area (Å²) in [5.74, 6) is 0. The Hall–Kier alpha value is -1.44. The van der Waals surface area contributed by atoms with Gasteiger partial charge in [0.25, 0.3) is 0 Å². The third kappa shape index (κ3) is 1.60. The van der Waals surface area contributed by atoms with Crippen LogP contribution in [0.3, 0.4) is 0 Å². The Balaban J connectivity index is 1.95. The average Bonchev–Trinajstić information content (AvgIpc) is 2.77. The molecule has 1 aromatic heterocycles. The van der Waals surface area contributed by atoms with E-state index in [1.54, 1.807) is 0 Å². The number of aromatic amines is 1. The second kappa shape index (κ2) is 3.61. The van der Waals surface area contributed by atoms with Crippen LogP contribution in [0.5, 0.6) is 0 Å². The summed E-state index contributed by atoms with van der Waals surface area (Å²) in [6, 6.07) is 8.84. The number of hydrogen-bond acceptors (Lipinski definition) is 1. The van der Waals surface area contributed by atoms with Crippen LogP contribution in [0.4, 0.5) is 5.69 Å². The molecule has 15 heavy (non-hydrogen) atoms. The number of rotatable bonds is 1. The van der Waals surface area contributed by atoms with E-state index in [2.05, 4.69) is 34.1 Å². The summed E-state index contributed by atoms with van der Waals surface area (Å²) in [6.45, 7) is 2.44. The van der Waals surface area contributed by atoms with E-state index in [0.29, 0.717) is 0 Å². The van der Waals surface area contributed by atoms with E-state index in [4.69, 9.17) is 0 Å². The van der Waals surface area contributed by atoms with Gasteiger partial charge in [0, 0.05) is 35.9 Å². The molecular weight excluding hydrogens is 184 g/mol. The molecule has 0 saturated carbocycles. The van der Waals surface area contributed by atoms with Crippen molar-refractivity contribution in [3.05, 3.63) is 30.5 Å². The number of anilines is 1. The summed E-state index contributed by atoms with van der Waals surface area (Å²) >= 11 is 0. The lowest BCUT2D eigenvalue weighted by Crippen LogP contribution is -2.29. The molecule has 2 heterocycles. The molecule has 0 radical (unpaired) electrons. The fourth-order valence-corrected chi connectivity index (χ4v) is 2.39. The standard InChI is InChI=1S/C13H16N2/c1-2-8-15(9-3-1)12-4-5-13-11(10-12)6-7-14-13/h4-7,10,14H,1-3,8-9H2. The van der Waals surface area contributed by atoms with Crippen LogP contribution in [0, 0.1) is 0 Å². The fraction of sp³-hybridized carbons (Fsp3) is 0.385. The zero-order chi connectivity index (χ0) is 10.1. The molecule has 0 aliphatic carbocycles. The first-order chi connectivity index (χ1) is 7.43. The van der Waals surface area contributed by atoms with Crippen LogP contribution >= 0.6 is 0 Å². The molecule has 2 aromatic rings. The van der Waals surface area contributed by atoms with Crippen molar-refractivity contribution in [1.29, 1.82) is 0 Å². The number of piperidine rings is 1. The Morgan fingerprint density at radius 2 is 1.87 bits per heavy atom. The minimum absolute atomic E-state index is 1.22. The second-order valence-corrected chi connectivity index (χ2v) is 4.30. The molecule has 0 amide bonds. The van der Waals surface area contributed by atoms with Gasteiger partial charge in [-0.05, 0) is 43.5 Å². The number of fused-ring (bicyclic) bond motifs is 1. The van der Waals surface area contributed by atoms with Crippen molar-refractivity contribution in [3.63, 3.8) is 0 Å². The van der Waals surface area contributed by atoms with Crippen molar-refractivity contribution < 1.29 is 0 Å². The molecule has 0 atom stereocenters. The maximum atomic E-state index is 3.23. The molecule has 0 unspecified atom stereocenters. The monoisotopic (exact) mass is 200 g/mol. The Kier molecular flexibility index (Phi) is 2.13. The normalized spacial score (nSPS) is 17.2. The van der Waals surface area contributed by atoms with Gasteiger partial charge in [-0.2, -0.15) is 0 Å². The zero-order valence-electron chi connectivity index (χ0n) is 8.87. The summed E-state index contributed by atoms with van der Waals surface area (Å²) in [5.41, 5.74) is 2.61. The quantitative estimate of drug-likeness (QED) is 0.749. The second-order valence-electron chi connectivity index (χ2n) is 4.30. The fourth-order valence-electron chi connectivity index (χ4n) is 2.39. The van der Waals surface area contributed by atoms with Crippen molar-refractivity contribution in [2.24, 2.45) is 0 Å². The molecule has 2 heteroatoms. The lowest BCUT2D eigenvalue weighted by atomic mass is 10.1. The third-order valence-electron chi connectivity index (χ3n) is 3.26. The van der Waals surface area contributed by atoms with E-state index in [-0.39, 0.29) is 0 Å². The van der Waals surface area contributed by atoms with E-state index in [1.165, 1.54) is 48.9 Å². The number of H-pyrrole nitrogens is 1. The Morgan fingerprint density at radius 1 is 1.00 bits per heavy atom. The van der Waals surface area contributed by atoms with Crippen molar-refractivity contribution in [1.82, 2.24) is 4.98 Å². The maximum absolute atomic E-state index is 3.23. The van der Waals surface area contributed by atoms with E-state index in [9.17, 15) is 0 Å². The molecule has 0 spiro atoms. The molecule has 1 aromatic carbocycles. The number of benzene rings is 1. The topological polar surface area (TPSA) is 19.0 Å². The Morgan fingerprint density at radius 3 is 2.73 bits per heavy atom. The van der Waals surface area contributed by atoms with Gasteiger partial charge >= 0.3 is 0 Å². The number of aromatic nitrogens is 1. The zero-order valence-corrected chi connectivity index (χ0v) is 8.87. The van der Waals surface area contributed by atoms with E-state index >= 15 is 0 Å². The van der Waals surface area contributed by atoms with Gasteiger partial charge in [-0.25, -0.2) is 0 Å². The minimum atomic E-state index is 1.22. The number of nitrogens with one attached hydrogen (secondary N) is 1. The van der Waals surface area contributed by atoms with E-state index in [1.807, 2.05) is 6.20 Å². The van der Waals surface area contributed by atoms with Crippen LogP contribution in [0.2, 0.25) is 0 Å². The van der Waals surface area contributed by atoms with Crippen LogP contribution < -0.4 is 4.90 Å². The van der Waals surface area contributed by atoms with Crippen molar-refractivity contribution in [3.8, 4) is 0 Å². The molecule has 1 fully saturated rings. The van der Waals surface area contributed by atoms with Crippen LogP contribution in [-0.4, -0.2) is 18.1 Å². The molecule has 1 aliphatic rings. The van der Waals surface area contributed by atoms with Crippen LogP contribution in [0.15, 0.2) is 30.5 Å². The summed E-state index contributed by atoms with van der Waals surface area (Å²) in [7, 11) is 0. The minimum Gasteiger partial charge on any atom is -0.372 e. The maximum Gasteiger partial charge on any atom is 0.0455 e. The van der Waals surface area contributed by atoms with Gasteiger partial charge in [0.15, 0.2) is 0 Å². The van der Waals surface area contributed by atoms with Crippen LogP contribution in [0.25, 0.3) is 10.9 Å². The van der Waals surface area contributed by atoms with Gasteiger partial charge in [-0.1, -0.05) is 0 Å². The van der Waals surface area contributed by atoms with E-state index in [0.717, 1.165) is 0 Å². The molecular formula is C13H16N2. The molecule has 1 saturated heterocycles. The molecule has 3 rings (SSSR count). The molecule has 1 aliphatic heterocycles. The highest BCUT2D eigenvalue weighted by molar-refractivity contribution is 5.83. The largest absolute Gasteiger partial charge is 0.372 e. The highest BCUT2D eigenvalue weighted by Gasteiger charge is 2.10. The van der Waals surface area contributed by atoms with Crippen molar-refractivity contribution in [2.45, 2.75) is 19.3 Å². The van der Waals surface area contributed by atoms with Crippen molar-refractivity contribution in [2.75, 3.05) is 18.0 Å². The Bertz CT molecular complexity index is 452. The van der Waals surface area contributed by atoms with Crippen LogP contribution in [-0.2, 0) is 0 Å². The van der Waals surface area contributed by atoms with Gasteiger partial charge in [0.05, 0.1) is 0 Å². The Labute approximate surface area is 89.9 Å². The first-order valence-electron chi connectivity index (χ1n) is 5.75.